The maximum Gasteiger partial charge on any atom is 0.323 e. The molecule has 4 N–H and O–H groups in total. The van der Waals surface area contributed by atoms with Gasteiger partial charge in [-0.1, -0.05) is 67.6 Å². The summed E-state index contributed by atoms with van der Waals surface area (Å²) in [6.45, 7) is 1.55. The zero-order chi connectivity index (χ0) is 29.9. The molecule has 220 valence electrons. The van der Waals surface area contributed by atoms with Gasteiger partial charge in [0.15, 0.2) is 0 Å². The van der Waals surface area contributed by atoms with Crippen molar-refractivity contribution in [2.75, 3.05) is 6.61 Å². The number of nitrogens with one attached hydrogen (secondary N) is 1. The van der Waals surface area contributed by atoms with Crippen LogP contribution in [0.1, 0.15) is 68.9 Å². The van der Waals surface area contributed by atoms with Crippen molar-refractivity contribution < 1.29 is 28.2 Å². The molecule has 1 saturated heterocycles. The zero-order valence-electron chi connectivity index (χ0n) is 22.6. The molecule has 5 atom stereocenters. The number of carbonyl (C=O) groups excluding carboxylic acids is 2. The third-order valence-corrected chi connectivity index (χ3v) is 9.03. The highest BCUT2D eigenvalue weighted by molar-refractivity contribution is 6.31. The molecule has 2 aromatic rings. The number of rotatable bonds is 9. The molecule has 11 heteroatoms. The largest absolute Gasteiger partial charge is 0.462 e. The van der Waals surface area contributed by atoms with Gasteiger partial charge in [-0.2, -0.15) is 5.26 Å². The number of esters is 1. The number of nitrogens with zero attached hydrogens (tertiary/aromatic N) is 1. The summed E-state index contributed by atoms with van der Waals surface area (Å²) in [7, 11) is 0. The van der Waals surface area contributed by atoms with E-state index in [-0.39, 0.29) is 26.6 Å². The lowest BCUT2D eigenvalue weighted by Gasteiger charge is -2.41. The minimum Gasteiger partial charge on any atom is -0.462 e. The fourth-order valence-electron chi connectivity index (χ4n) is 6.58. The maximum atomic E-state index is 15.8. The van der Waals surface area contributed by atoms with Crippen LogP contribution in [-0.4, -0.2) is 41.8 Å². The predicted octanol–water partition coefficient (Wildman–Crippen LogP) is 5.30. The number of aliphatic hydroxyl groups is 1. The fourth-order valence-corrected chi connectivity index (χ4v) is 6.92. The zero-order valence-corrected chi connectivity index (χ0v) is 24.2. The summed E-state index contributed by atoms with van der Waals surface area (Å²) in [6.07, 6.45) is 3.43. The first-order chi connectivity index (χ1) is 19.4. The Morgan fingerprint density at radius 1 is 1.22 bits per heavy atom. The number of aliphatic hydroxyl groups excluding tert-OH is 1. The van der Waals surface area contributed by atoms with E-state index >= 15 is 8.78 Å². The molecule has 1 aliphatic carbocycles. The summed E-state index contributed by atoms with van der Waals surface area (Å²) in [5, 5.41) is 24.2. The molecule has 0 unspecified atom stereocenters. The van der Waals surface area contributed by atoms with Crippen LogP contribution >= 0.6 is 23.2 Å². The summed E-state index contributed by atoms with van der Waals surface area (Å²) >= 11 is 12.2. The highest BCUT2D eigenvalue weighted by Crippen LogP contribution is 2.54. The van der Waals surface area contributed by atoms with Crippen LogP contribution in [-0.2, 0) is 19.7 Å². The normalized spacial score (nSPS) is 26.2. The Morgan fingerprint density at radius 2 is 1.93 bits per heavy atom. The molecule has 0 radical (unpaired) electrons. The van der Waals surface area contributed by atoms with Crippen molar-refractivity contribution >= 4 is 35.1 Å². The summed E-state index contributed by atoms with van der Waals surface area (Å²) in [5.41, 5.74) is 3.03. The van der Waals surface area contributed by atoms with E-state index in [0.717, 1.165) is 38.2 Å². The van der Waals surface area contributed by atoms with Gasteiger partial charge in [0.05, 0.1) is 23.6 Å². The first-order valence-electron chi connectivity index (χ1n) is 13.6. The number of hydrogen-bond donors (Lipinski definition) is 3. The molecule has 2 fully saturated rings. The van der Waals surface area contributed by atoms with Gasteiger partial charge in [0.2, 0.25) is 5.91 Å². The molecule has 7 nitrogen and oxygen atoms in total. The summed E-state index contributed by atoms with van der Waals surface area (Å²) < 4.78 is 36.9. The summed E-state index contributed by atoms with van der Waals surface area (Å²) in [6, 6.07) is 8.38. The number of halogens is 4. The van der Waals surface area contributed by atoms with Gasteiger partial charge >= 0.3 is 5.97 Å². The lowest BCUT2D eigenvalue weighted by molar-refractivity contribution is -0.150. The monoisotopic (exact) mass is 607 g/mol. The number of nitriles is 1. The number of benzene rings is 2. The number of nitrogens with two attached hydrogens (primary N) is 1. The number of primary amides is 1. The van der Waals surface area contributed by atoms with Crippen LogP contribution in [0.25, 0.3) is 0 Å². The Kier molecular flexibility index (Phi) is 9.59. The molecular formula is C30H33Cl2F2N3O4. The van der Waals surface area contributed by atoms with E-state index in [4.69, 9.17) is 33.7 Å². The second-order valence-electron chi connectivity index (χ2n) is 11.5. The van der Waals surface area contributed by atoms with E-state index in [0.29, 0.717) is 6.42 Å². The Balaban J connectivity index is 1.88. The van der Waals surface area contributed by atoms with Gasteiger partial charge in [-0.3, -0.25) is 14.9 Å². The van der Waals surface area contributed by atoms with Crippen molar-refractivity contribution in [1.82, 2.24) is 5.32 Å². The standard InChI is InChI=1S/C30H33Cl2F2N3O4/c1-29(10-3-2-4-11-29)14-23-30(16-35,20-9-8-17(31)12-22(20)33)25(19-6-5-7-21(32)26(19)34)27(37-23)28(40)41-15-18(38)13-24(36)39/h5-9,12,18,23,25,27,37-38H,2-4,10-11,13-15H2,1H3,(H2,36,39)/t18-,23-,25-,27+,30-/m0/s1. The molecule has 2 aliphatic rings. The number of amides is 1. The highest BCUT2D eigenvalue weighted by Gasteiger charge is 2.62. The minimum atomic E-state index is -1.78. The van der Waals surface area contributed by atoms with Crippen molar-refractivity contribution in [3.63, 3.8) is 0 Å². The molecule has 1 amide bonds. The van der Waals surface area contributed by atoms with Crippen LogP contribution in [0.2, 0.25) is 10.0 Å². The number of carbonyl (C=O) groups is 2. The second kappa shape index (κ2) is 12.6. The fraction of sp³-hybridized carbons (Fsp3) is 0.500. The van der Waals surface area contributed by atoms with E-state index in [1.807, 2.05) is 0 Å². The maximum absolute atomic E-state index is 15.8. The Labute approximate surface area is 247 Å². The third-order valence-electron chi connectivity index (χ3n) is 8.50. The van der Waals surface area contributed by atoms with Crippen LogP contribution in [0.4, 0.5) is 8.78 Å². The van der Waals surface area contributed by atoms with Crippen LogP contribution in [0.3, 0.4) is 0 Å². The van der Waals surface area contributed by atoms with Crippen molar-refractivity contribution in [2.24, 2.45) is 11.1 Å². The Morgan fingerprint density at radius 3 is 2.56 bits per heavy atom. The third kappa shape index (κ3) is 6.36. The van der Waals surface area contributed by atoms with E-state index in [9.17, 15) is 20.0 Å². The van der Waals surface area contributed by atoms with Gasteiger partial charge < -0.3 is 15.6 Å². The molecule has 41 heavy (non-hydrogen) atoms. The van der Waals surface area contributed by atoms with Gasteiger partial charge in [0, 0.05) is 22.5 Å². The lowest BCUT2D eigenvalue weighted by Crippen LogP contribution is -2.46. The molecule has 0 aromatic heterocycles. The van der Waals surface area contributed by atoms with Gasteiger partial charge in [-0.25, -0.2) is 8.78 Å². The average Bonchev–Trinajstić information content (AvgIpc) is 3.22. The number of hydrogen-bond acceptors (Lipinski definition) is 6. The van der Waals surface area contributed by atoms with Crippen LogP contribution in [0.5, 0.6) is 0 Å². The van der Waals surface area contributed by atoms with E-state index < -0.39 is 66.1 Å². The van der Waals surface area contributed by atoms with Gasteiger partial charge in [-0.15, -0.1) is 0 Å². The summed E-state index contributed by atoms with van der Waals surface area (Å²) in [5.74, 6) is -4.57. The molecule has 0 bridgehead atoms. The first kappa shape index (κ1) is 31.2. The van der Waals surface area contributed by atoms with Crippen LogP contribution in [0.15, 0.2) is 36.4 Å². The van der Waals surface area contributed by atoms with E-state index in [1.54, 1.807) is 0 Å². The first-order valence-corrected chi connectivity index (χ1v) is 14.4. The molecule has 1 saturated carbocycles. The minimum absolute atomic E-state index is 0.0326. The topological polar surface area (TPSA) is 125 Å². The predicted molar refractivity (Wildman–Crippen MR) is 150 cm³/mol. The van der Waals surface area contributed by atoms with Gasteiger partial charge in [-0.05, 0) is 48.4 Å². The van der Waals surface area contributed by atoms with Crippen molar-refractivity contribution in [1.29, 1.82) is 5.26 Å². The molecule has 0 spiro atoms. The van der Waals surface area contributed by atoms with Crippen molar-refractivity contribution in [3.8, 4) is 6.07 Å². The molecule has 2 aromatic carbocycles. The Hall–Kier alpha value is -2.77. The quantitative estimate of drug-likeness (QED) is 0.332. The second-order valence-corrected chi connectivity index (χ2v) is 12.3. The van der Waals surface area contributed by atoms with Crippen molar-refractivity contribution in [3.05, 3.63) is 69.2 Å². The molecule has 1 aliphatic heterocycles. The molecular weight excluding hydrogens is 575 g/mol. The summed E-state index contributed by atoms with van der Waals surface area (Å²) in [4.78, 5) is 24.8. The van der Waals surface area contributed by atoms with E-state index in [2.05, 4.69) is 18.3 Å². The molecule has 4 rings (SSSR count). The SMILES string of the molecule is CC1(C[C@@H]2N[C@@H](C(=O)OC[C@@H](O)CC(N)=O)[C@H](c3cccc(Cl)c3F)[C@@]2(C#N)c2ccc(Cl)cc2F)CCCCC1. The number of ether oxygens (including phenoxy) is 1. The van der Waals surface area contributed by atoms with Crippen LogP contribution < -0.4 is 11.1 Å². The van der Waals surface area contributed by atoms with Crippen molar-refractivity contribution in [2.45, 2.75) is 81.4 Å². The highest BCUT2D eigenvalue weighted by atomic mass is 35.5. The average molecular weight is 609 g/mol. The van der Waals surface area contributed by atoms with Gasteiger partial charge in [0.1, 0.15) is 29.7 Å². The smallest absolute Gasteiger partial charge is 0.323 e. The van der Waals surface area contributed by atoms with Crippen LogP contribution in [0, 0.1) is 28.4 Å². The molecule has 1 heterocycles. The lowest BCUT2D eigenvalue weighted by atomic mass is 9.61. The van der Waals surface area contributed by atoms with E-state index in [1.165, 1.54) is 30.3 Å². The van der Waals surface area contributed by atoms with Gasteiger partial charge in [0.25, 0.3) is 0 Å². The Bertz CT molecular complexity index is 1350.